The highest BCUT2D eigenvalue weighted by atomic mass is 16.5. The maximum atomic E-state index is 5.55. The quantitative estimate of drug-likeness (QED) is 0.835. The minimum absolute atomic E-state index is 0.349. The third-order valence-electron chi connectivity index (χ3n) is 4.63. The van der Waals surface area contributed by atoms with E-state index in [0.717, 1.165) is 47.1 Å². The van der Waals surface area contributed by atoms with Crippen molar-refractivity contribution < 1.29 is 4.74 Å². The summed E-state index contributed by atoms with van der Waals surface area (Å²) >= 11 is 0. The van der Waals surface area contributed by atoms with Gasteiger partial charge in [0.15, 0.2) is 5.82 Å². The van der Waals surface area contributed by atoms with E-state index < -0.39 is 0 Å². The SMILES string of the molecule is CCC1=CCN(C)c2nc(-c3ccc(C(C)C)nc3OC)c(C)nc21. The molecule has 0 spiro atoms. The Labute approximate surface area is 149 Å². The Hall–Kier alpha value is -2.43. The molecule has 2 aromatic rings. The van der Waals surface area contributed by atoms with Gasteiger partial charge >= 0.3 is 0 Å². The lowest BCUT2D eigenvalue weighted by atomic mass is 10.0. The molecule has 132 valence electrons. The Morgan fingerprint density at radius 3 is 2.56 bits per heavy atom. The fourth-order valence-corrected chi connectivity index (χ4v) is 3.10. The van der Waals surface area contributed by atoms with Gasteiger partial charge in [-0.05, 0) is 37.0 Å². The van der Waals surface area contributed by atoms with Gasteiger partial charge in [-0.2, -0.15) is 0 Å². The van der Waals surface area contributed by atoms with E-state index in [0.29, 0.717) is 11.8 Å². The van der Waals surface area contributed by atoms with Crippen LogP contribution in [0.15, 0.2) is 18.2 Å². The lowest BCUT2D eigenvalue weighted by Gasteiger charge is -2.26. The second kappa shape index (κ2) is 6.82. The van der Waals surface area contributed by atoms with Crippen LogP contribution in [-0.2, 0) is 0 Å². The number of ether oxygens (including phenoxy) is 1. The summed E-state index contributed by atoms with van der Waals surface area (Å²) < 4.78 is 5.55. The summed E-state index contributed by atoms with van der Waals surface area (Å²) in [5, 5.41) is 0. The summed E-state index contributed by atoms with van der Waals surface area (Å²) in [6.45, 7) is 9.26. The molecule has 3 rings (SSSR count). The first kappa shape index (κ1) is 17.4. The van der Waals surface area contributed by atoms with Gasteiger partial charge in [0.2, 0.25) is 5.88 Å². The number of hydrogen-bond donors (Lipinski definition) is 0. The number of nitrogens with zero attached hydrogens (tertiary/aromatic N) is 4. The number of anilines is 1. The largest absolute Gasteiger partial charge is 0.480 e. The molecule has 25 heavy (non-hydrogen) atoms. The number of allylic oxidation sites excluding steroid dienone is 1. The number of rotatable bonds is 4. The fourth-order valence-electron chi connectivity index (χ4n) is 3.10. The molecule has 3 heterocycles. The predicted molar refractivity (Wildman–Crippen MR) is 102 cm³/mol. The van der Waals surface area contributed by atoms with Crippen LogP contribution in [-0.4, -0.2) is 35.7 Å². The van der Waals surface area contributed by atoms with Crippen LogP contribution >= 0.6 is 0 Å². The van der Waals surface area contributed by atoms with Gasteiger partial charge in [0, 0.05) is 19.3 Å². The molecule has 0 N–H and O–H groups in total. The highest BCUT2D eigenvalue weighted by Crippen LogP contribution is 2.35. The van der Waals surface area contributed by atoms with E-state index in [2.05, 4.69) is 36.7 Å². The van der Waals surface area contributed by atoms with Crippen LogP contribution in [0.1, 0.15) is 50.2 Å². The Bertz CT molecular complexity index is 827. The molecule has 0 atom stereocenters. The zero-order chi connectivity index (χ0) is 18.1. The molecule has 0 fully saturated rings. The van der Waals surface area contributed by atoms with Crippen LogP contribution in [0.3, 0.4) is 0 Å². The summed E-state index contributed by atoms with van der Waals surface area (Å²) in [5.41, 5.74) is 5.88. The van der Waals surface area contributed by atoms with Crippen LogP contribution in [0.2, 0.25) is 0 Å². The molecule has 1 aliphatic rings. The molecule has 0 bridgehead atoms. The van der Waals surface area contributed by atoms with Gasteiger partial charge in [-0.3, -0.25) is 0 Å². The third-order valence-corrected chi connectivity index (χ3v) is 4.63. The van der Waals surface area contributed by atoms with Gasteiger partial charge in [0.05, 0.1) is 24.1 Å². The maximum absolute atomic E-state index is 5.55. The van der Waals surface area contributed by atoms with Crippen LogP contribution in [0, 0.1) is 6.92 Å². The predicted octanol–water partition coefficient (Wildman–Crippen LogP) is 4.22. The number of methoxy groups -OCH3 is 1. The van der Waals surface area contributed by atoms with E-state index in [-0.39, 0.29) is 0 Å². The number of fused-ring (bicyclic) bond motifs is 1. The molecule has 0 saturated carbocycles. The van der Waals surface area contributed by atoms with E-state index in [1.54, 1.807) is 7.11 Å². The molecule has 0 aliphatic carbocycles. The van der Waals surface area contributed by atoms with Crippen molar-refractivity contribution in [1.82, 2.24) is 15.0 Å². The van der Waals surface area contributed by atoms with Crippen LogP contribution in [0.4, 0.5) is 5.82 Å². The van der Waals surface area contributed by atoms with Crippen molar-refractivity contribution in [2.75, 3.05) is 25.6 Å². The molecule has 0 radical (unpaired) electrons. The zero-order valence-electron chi connectivity index (χ0n) is 15.9. The average molecular weight is 338 g/mol. The van der Waals surface area contributed by atoms with Crippen LogP contribution in [0.5, 0.6) is 5.88 Å². The second-order valence-corrected chi connectivity index (χ2v) is 6.74. The molecule has 5 heteroatoms. The average Bonchev–Trinajstić information content (AvgIpc) is 2.61. The highest BCUT2D eigenvalue weighted by Gasteiger charge is 2.23. The fraction of sp³-hybridized carbons (Fsp3) is 0.450. The summed E-state index contributed by atoms with van der Waals surface area (Å²) in [6, 6.07) is 4.09. The molecule has 0 aromatic carbocycles. The van der Waals surface area contributed by atoms with Gasteiger partial charge in [0.1, 0.15) is 5.69 Å². The topological polar surface area (TPSA) is 51.1 Å². The Balaban J connectivity index is 2.16. The second-order valence-electron chi connectivity index (χ2n) is 6.74. The first-order chi connectivity index (χ1) is 12.0. The normalized spacial score (nSPS) is 13.7. The number of aromatic nitrogens is 3. The standard InChI is InChI=1S/C20H26N4O/c1-7-14-10-11-24(5)19-18(14)21-13(4)17(23-19)15-8-9-16(12(2)3)22-20(15)25-6/h8-10,12H,7,11H2,1-6H3. The maximum Gasteiger partial charge on any atom is 0.222 e. The lowest BCUT2D eigenvalue weighted by Crippen LogP contribution is -2.24. The Morgan fingerprint density at radius 2 is 1.92 bits per heavy atom. The van der Waals surface area contributed by atoms with E-state index in [4.69, 9.17) is 14.7 Å². The molecular formula is C20H26N4O. The molecule has 0 saturated heterocycles. The monoisotopic (exact) mass is 338 g/mol. The van der Waals surface area contributed by atoms with Crippen LogP contribution < -0.4 is 9.64 Å². The summed E-state index contributed by atoms with van der Waals surface area (Å²) in [5.74, 6) is 1.88. The summed E-state index contributed by atoms with van der Waals surface area (Å²) in [6.07, 6.45) is 3.19. The van der Waals surface area contributed by atoms with E-state index in [1.165, 1.54) is 5.57 Å². The van der Waals surface area contributed by atoms with Crippen molar-refractivity contribution in [2.45, 2.75) is 40.0 Å². The molecule has 1 aliphatic heterocycles. The number of hydrogen-bond acceptors (Lipinski definition) is 5. The number of pyridine rings is 1. The molecule has 0 unspecified atom stereocenters. The Morgan fingerprint density at radius 1 is 1.16 bits per heavy atom. The Kier molecular flexibility index (Phi) is 4.75. The van der Waals surface area contributed by atoms with E-state index in [1.807, 2.05) is 26.1 Å². The molecule has 5 nitrogen and oxygen atoms in total. The highest BCUT2D eigenvalue weighted by molar-refractivity contribution is 5.78. The van der Waals surface area contributed by atoms with Gasteiger partial charge < -0.3 is 9.64 Å². The van der Waals surface area contributed by atoms with Crippen molar-refractivity contribution in [3.05, 3.63) is 35.3 Å². The van der Waals surface area contributed by atoms with Crippen molar-refractivity contribution in [3.8, 4) is 17.1 Å². The minimum atomic E-state index is 0.349. The van der Waals surface area contributed by atoms with Gasteiger partial charge in [-0.1, -0.05) is 26.8 Å². The molecular weight excluding hydrogens is 312 g/mol. The van der Waals surface area contributed by atoms with Crippen molar-refractivity contribution in [1.29, 1.82) is 0 Å². The van der Waals surface area contributed by atoms with Gasteiger partial charge in [-0.15, -0.1) is 0 Å². The van der Waals surface area contributed by atoms with Crippen molar-refractivity contribution in [2.24, 2.45) is 0 Å². The van der Waals surface area contributed by atoms with Crippen molar-refractivity contribution >= 4 is 11.4 Å². The first-order valence-electron chi connectivity index (χ1n) is 8.80. The van der Waals surface area contributed by atoms with Gasteiger partial charge in [-0.25, -0.2) is 15.0 Å². The van der Waals surface area contributed by atoms with Crippen molar-refractivity contribution in [3.63, 3.8) is 0 Å². The minimum Gasteiger partial charge on any atom is -0.480 e. The molecule has 0 amide bonds. The smallest absolute Gasteiger partial charge is 0.222 e. The van der Waals surface area contributed by atoms with E-state index in [9.17, 15) is 0 Å². The zero-order valence-corrected chi connectivity index (χ0v) is 15.9. The lowest BCUT2D eigenvalue weighted by molar-refractivity contribution is 0.397. The number of likely N-dealkylation sites (N-methyl/N-ethyl adjacent to an activating group) is 1. The van der Waals surface area contributed by atoms with E-state index >= 15 is 0 Å². The molecule has 2 aromatic heterocycles. The third kappa shape index (κ3) is 3.11. The summed E-state index contributed by atoms with van der Waals surface area (Å²) in [4.78, 5) is 16.6. The number of aryl methyl sites for hydroxylation is 1. The first-order valence-corrected chi connectivity index (χ1v) is 8.80. The van der Waals surface area contributed by atoms with Crippen LogP contribution in [0.25, 0.3) is 16.8 Å². The van der Waals surface area contributed by atoms with Gasteiger partial charge in [0.25, 0.3) is 0 Å². The summed E-state index contributed by atoms with van der Waals surface area (Å²) in [7, 11) is 3.70.